The lowest BCUT2D eigenvalue weighted by Gasteiger charge is -2.14. The Hall–Kier alpha value is -4.36. The SMILES string of the molecule is C=CC=O.CNc1cccc(Nc2ccncc2Nc2ccc(Oc3ccc(Cl)c(F)c3)cc2)c1. The van der Waals surface area contributed by atoms with Crippen LogP contribution in [0.25, 0.3) is 0 Å². The summed E-state index contributed by atoms with van der Waals surface area (Å²) < 4.78 is 19.3. The molecule has 178 valence electrons. The van der Waals surface area contributed by atoms with Crippen molar-refractivity contribution in [3.05, 3.63) is 109 Å². The Morgan fingerprint density at radius 2 is 1.60 bits per heavy atom. The Bertz CT molecular complexity index is 1280. The zero-order valence-corrected chi connectivity index (χ0v) is 19.7. The molecule has 1 aromatic heterocycles. The van der Waals surface area contributed by atoms with Crippen LogP contribution in [-0.2, 0) is 4.79 Å². The predicted octanol–water partition coefficient (Wildman–Crippen LogP) is 7.57. The Kier molecular flexibility index (Phi) is 9.22. The second kappa shape index (κ2) is 12.8. The first-order valence-electron chi connectivity index (χ1n) is 10.6. The summed E-state index contributed by atoms with van der Waals surface area (Å²) in [4.78, 5) is 13.3. The number of aldehydes is 1. The third-order valence-corrected chi connectivity index (χ3v) is 4.91. The molecule has 3 aromatic carbocycles. The van der Waals surface area contributed by atoms with E-state index in [1.165, 1.54) is 18.2 Å². The Morgan fingerprint density at radius 1 is 0.914 bits per heavy atom. The van der Waals surface area contributed by atoms with Crippen LogP contribution < -0.4 is 20.7 Å². The lowest BCUT2D eigenvalue weighted by atomic mass is 10.2. The predicted molar refractivity (Wildman–Crippen MR) is 141 cm³/mol. The van der Waals surface area contributed by atoms with Crippen LogP contribution in [0.1, 0.15) is 0 Å². The molecule has 0 saturated carbocycles. The van der Waals surface area contributed by atoms with Crippen molar-refractivity contribution in [1.29, 1.82) is 0 Å². The maximum Gasteiger partial charge on any atom is 0.145 e. The van der Waals surface area contributed by atoms with Crippen molar-refractivity contribution in [2.75, 3.05) is 23.0 Å². The number of rotatable bonds is 8. The second-order valence-electron chi connectivity index (χ2n) is 7.08. The van der Waals surface area contributed by atoms with Crippen LogP contribution in [0.2, 0.25) is 5.02 Å². The Labute approximate surface area is 208 Å². The summed E-state index contributed by atoms with van der Waals surface area (Å²) in [5.41, 5.74) is 4.55. The summed E-state index contributed by atoms with van der Waals surface area (Å²) in [6.45, 7) is 3.11. The molecule has 4 aromatic rings. The van der Waals surface area contributed by atoms with Crippen molar-refractivity contribution in [3.63, 3.8) is 0 Å². The van der Waals surface area contributed by atoms with Crippen molar-refractivity contribution in [3.8, 4) is 11.5 Å². The average Bonchev–Trinajstić information content (AvgIpc) is 2.89. The van der Waals surface area contributed by atoms with Crippen molar-refractivity contribution >= 4 is 46.3 Å². The van der Waals surface area contributed by atoms with Gasteiger partial charge < -0.3 is 20.7 Å². The van der Waals surface area contributed by atoms with Crippen LogP contribution in [0.15, 0.2) is 97.8 Å². The summed E-state index contributed by atoms with van der Waals surface area (Å²) in [6.07, 6.45) is 5.32. The first-order valence-corrected chi connectivity index (χ1v) is 10.9. The molecule has 0 bridgehead atoms. The van der Waals surface area contributed by atoms with Crippen LogP contribution >= 0.6 is 11.6 Å². The molecule has 4 rings (SSSR count). The highest BCUT2D eigenvalue weighted by molar-refractivity contribution is 6.30. The summed E-state index contributed by atoms with van der Waals surface area (Å²) in [7, 11) is 1.88. The molecule has 0 atom stereocenters. The molecule has 6 nitrogen and oxygen atoms in total. The number of hydrogen-bond acceptors (Lipinski definition) is 6. The van der Waals surface area contributed by atoms with Gasteiger partial charge >= 0.3 is 0 Å². The molecule has 3 N–H and O–H groups in total. The molecule has 0 aliphatic carbocycles. The smallest absolute Gasteiger partial charge is 0.145 e. The standard InChI is InChI=1S/C24H20ClFN4O.C3H4O/c1-27-17-3-2-4-18(13-17)30-23-11-12-28-15-24(23)29-16-5-7-19(8-6-16)31-20-9-10-21(25)22(26)14-20;1-2-3-4/h2-15,27,29H,1H3,(H,28,30);2-3H,1H2. The molecule has 0 spiro atoms. The van der Waals surface area contributed by atoms with Gasteiger partial charge in [0.1, 0.15) is 23.6 Å². The third kappa shape index (κ3) is 7.58. The Morgan fingerprint density at radius 3 is 2.29 bits per heavy atom. The van der Waals surface area contributed by atoms with Crippen molar-refractivity contribution in [2.24, 2.45) is 0 Å². The zero-order valence-electron chi connectivity index (χ0n) is 19.0. The topological polar surface area (TPSA) is 75.3 Å². The number of aromatic nitrogens is 1. The number of pyridine rings is 1. The molecular formula is C27H24ClFN4O2. The highest BCUT2D eigenvalue weighted by atomic mass is 35.5. The molecule has 1 heterocycles. The number of anilines is 5. The van der Waals surface area contributed by atoms with Gasteiger partial charge in [0.05, 0.1) is 22.6 Å². The summed E-state index contributed by atoms with van der Waals surface area (Å²) in [5.74, 6) is 0.445. The van der Waals surface area contributed by atoms with Crippen molar-refractivity contribution in [1.82, 2.24) is 4.98 Å². The van der Waals surface area contributed by atoms with Gasteiger partial charge in [-0.3, -0.25) is 9.78 Å². The van der Waals surface area contributed by atoms with Gasteiger partial charge in [0, 0.05) is 36.4 Å². The lowest BCUT2D eigenvalue weighted by molar-refractivity contribution is -0.104. The molecule has 0 unspecified atom stereocenters. The first-order chi connectivity index (χ1) is 17.0. The van der Waals surface area contributed by atoms with Gasteiger partial charge in [-0.25, -0.2) is 4.39 Å². The maximum absolute atomic E-state index is 13.6. The van der Waals surface area contributed by atoms with E-state index in [2.05, 4.69) is 27.5 Å². The molecule has 0 fully saturated rings. The number of nitrogens with one attached hydrogen (secondary N) is 3. The van der Waals surface area contributed by atoms with Gasteiger partial charge in [-0.05, 0) is 66.7 Å². The van der Waals surface area contributed by atoms with Crippen LogP contribution in [0.3, 0.4) is 0 Å². The van der Waals surface area contributed by atoms with Crippen molar-refractivity contribution < 1.29 is 13.9 Å². The Balaban J connectivity index is 0.000000795. The fourth-order valence-electron chi connectivity index (χ4n) is 2.95. The van der Waals surface area contributed by atoms with Gasteiger partial charge in [0.2, 0.25) is 0 Å². The minimum absolute atomic E-state index is 0.0606. The van der Waals surface area contributed by atoms with E-state index in [1.807, 2.05) is 49.5 Å². The molecule has 0 radical (unpaired) electrons. The van der Waals surface area contributed by atoms with E-state index in [-0.39, 0.29) is 5.02 Å². The van der Waals surface area contributed by atoms with Gasteiger partial charge in [-0.2, -0.15) is 0 Å². The van der Waals surface area contributed by atoms with Crippen molar-refractivity contribution in [2.45, 2.75) is 0 Å². The normalized spacial score (nSPS) is 9.80. The number of hydrogen-bond donors (Lipinski definition) is 3. The molecule has 0 aliphatic heterocycles. The minimum atomic E-state index is -0.519. The largest absolute Gasteiger partial charge is 0.457 e. The number of halogens is 2. The second-order valence-corrected chi connectivity index (χ2v) is 7.48. The third-order valence-electron chi connectivity index (χ3n) is 4.61. The average molecular weight is 491 g/mol. The molecule has 0 aliphatic rings. The highest BCUT2D eigenvalue weighted by Gasteiger charge is 2.06. The van der Waals surface area contributed by atoms with E-state index in [1.54, 1.807) is 30.6 Å². The molecule has 8 heteroatoms. The maximum atomic E-state index is 13.6. The summed E-state index contributed by atoms with van der Waals surface area (Å²) in [6, 6.07) is 21.6. The van der Waals surface area contributed by atoms with Gasteiger partial charge in [-0.15, -0.1) is 0 Å². The van der Waals surface area contributed by atoms with Gasteiger partial charge in [0.25, 0.3) is 0 Å². The number of carbonyl (C=O) groups is 1. The summed E-state index contributed by atoms with van der Waals surface area (Å²) >= 11 is 5.71. The van der Waals surface area contributed by atoms with Crippen LogP contribution in [0, 0.1) is 5.82 Å². The quantitative estimate of drug-likeness (QED) is 0.175. The van der Waals surface area contributed by atoms with Gasteiger partial charge in [0.15, 0.2) is 0 Å². The molecule has 0 saturated heterocycles. The first kappa shape index (κ1) is 25.3. The number of ether oxygens (including phenoxy) is 1. The molecular weight excluding hydrogens is 467 g/mol. The van der Waals surface area contributed by atoms with Crippen LogP contribution in [0.5, 0.6) is 11.5 Å². The van der Waals surface area contributed by atoms with Crippen LogP contribution in [-0.4, -0.2) is 18.3 Å². The van der Waals surface area contributed by atoms with E-state index in [9.17, 15) is 4.39 Å². The highest BCUT2D eigenvalue weighted by Crippen LogP contribution is 2.30. The molecule has 0 amide bonds. The number of carbonyl (C=O) groups excluding carboxylic acids is 1. The fourth-order valence-corrected chi connectivity index (χ4v) is 3.07. The number of nitrogens with zero attached hydrogens (tertiary/aromatic N) is 1. The van der Waals surface area contributed by atoms with E-state index >= 15 is 0 Å². The fraction of sp³-hybridized carbons (Fsp3) is 0.0370. The van der Waals surface area contributed by atoms with E-state index in [4.69, 9.17) is 21.1 Å². The van der Waals surface area contributed by atoms with E-state index in [0.29, 0.717) is 17.8 Å². The molecule has 35 heavy (non-hydrogen) atoms. The van der Waals surface area contributed by atoms with Crippen LogP contribution in [0.4, 0.5) is 32.8 Å². The summed E-state index contributed by atoms with van der Waals surface area (Å²) in [5, 5.41) is 9.95. The zero-order chi connectivity index (χ0) is 25.0. The number of allylic oxidation sites excluding steroid dienone is 1. The minimum Gasteiger partial charge on any atom is -0.457 e. The lowest BCUT2D eigenvalue weighted by Crippen LogP contribution is -1.99. The van der Waals surface area contributed by atoms with E-state index < -0.39 is 5.82 Å². The van der Waals surface area contributed by atoms with E-state index in [0.717, 1.165) is 28.4 Å². The van der Waals surface area contributed by atoms with Gasteiger partial charge in [-0.1, -0.05) is 24.2 Å². The monoisotopic (exact) mass is 490 g/mol. The number of benzene rings is 3.